The Kier molecular flexibility index (Phi) is 5.18. The molecular weight excluding hydrogens is 230 g/mol. The lowest BCUT2D eigenvalue weighted by Gasteiger charge is -2.31. The van der Waals surface area contributed by atoms with Crippen LogP contribution >= 0.6 is 0 Å². The van der Waals surface area contributed by atoms with E-state index in [1.165, 1.54) is 0 Å². The third-order valence-corrected chi connectivity index (χ3v) is 2.54. The zero-order valence-corrected chi connectivity index (χ0v) is 12.4. The summed E-state index contributed by atoms with van der Waals surface area (Å²) in [5.74, 6) is 6.23. The molecule has 0 spiro atoms. The fraction of sp³-hybridized carbons (Fsp3) is 0.857. The van der Waals surface area contributed by atoms with Crippen molar-refractivity contribution in [2.75, 3.05) is 13.4 Å². The van der Waals surface area contributed by atoms with Gasteiger partial charge in [0.1, 0.15) is 11.8 Å². The monoisotopic (exact) mass is 255 g/mol. The van der Waals surface area contributed by atoms with Gasteiger partial charge in [-0.2, -0.15) is 0 Å². The minimum atomic E-state index is -0.464. The van der Waals surface area contributed by atoms with Crippen LogP contribution in [0.15, 0.2) is 0 Å². The molecule has 0 aromatic heterocycles. The Hall–Kier alpha value is -0.600. The largest absolute Gasteiger partial charge is 0.356 e. The zero-order valence-electron chi connectivity index (χ0n) is 12.4. The van der Waals surface area contributed by atoms with Crippen LogP contribution in [0.2, 0.25) is 0 Å². The first kappa shape index (κ1) is 15.5. The molecule has 104 valence electrons. The fourth-order valence-corrected chi connectivity index (χ4v) is 1.61. The van der Waals surface area contributed by atoms with Gasteiger partial charge in [-0.05, 0) is 34.6 Å². The number of nitrogens with zero attached hydrogens (tertiary/aromatic N) is 1. The van der Waals surface area contributed by atoms with Crippen LogP contribution in [0.4, 0.5) is 0 Å². The van der Waals surface area contributed by atoms with Crippen LogP contribution in [0.3, 0.4) is 0 Å². The van der Waals surface area contributed by atoms with Crippen LogP contribution in [0.5, 0.6) is 0 Å². The molecule has 4 nitrogen and oxygen atoms in total. The maximum absolute atomic E-state index is 5.69. The minimum Gasteiger partial charge on any atom is -0.356 e. The second kappa shape index (κ2) is 6.03. The second-order valence-corrected chi connectivity index (χ2v) is 5.78. The van der Waals surface area contributed by atoms with Crippen molar-refractivity contribution in [3.63, 3.8) is 0 Å². The molecule has 0 amide bonds. The number of rotatable bonds is 3. The molecule has 1 aliphatic heterocycles. The van der Waals surface area contributed by atoms with E-state index < -0.39 is 5.72 Å². The van der Waals surface area contributed by atoms with E-state index in [4.69, 9.17) is 14.3 Å². The van der Waals surface area contributed by atoms with Crippen molar-refractivity contribution in [1.29, 1.82) is 0 Å². The van der Waals surface area contributed by atoms with E-state index in [0.29, 0.717) is 6.61 Å². The highest BCUT2D eigenvalue weighted by molar-refractivity contribution is 5.09. The van der Waals surface area contributed by atoms with Crippen molar-refractivity contribution in [3.05, 3.63) is 0 Å². The summed E-state index contributed by atoms with van der Waals surface area (Å²) in [5.41, 5.74) is -0.677. The van der Waals surface area contributed by atoms with Crippen LogP contribution < -0.4 is 0 Å². The zero-order chi connectivity index (χ0) is 13.8. The third-order valence-electron chi connectivity index (χ3n) is 2.54. The molecule has 0 aliphatic carbocycles. The average molecular weight is 255 g/mol. The molecule has 0 unspecified atom stereocenters. The highest BCUT2D eigenvalue weighted by atomic mass is 16.8. The Bertz CT molecular complexity index is 322. The fourth-order valence-electron chi connectivity index (χ4n) is 1.61. The predicted octanol–water partition coefficient (Wildman–Crippen LogP) is 2.54. The van der Waals surface area contributed by atoms with Gasteiger partial charge in [0.15, 0.2) is 6.79 Å². The normalized spacial score (nSPS) is 23.8. The molecule has 0 bridgehead atoms. The lowest BCUT2D eigenvalue weighted by Crippen LogP contribution is -2.44. The number of hydroxylamine groups is 2. The van der Waals surface area contributed by atoms with Gasteiger partial charge in [-0.25, -0.2) is 0 Å². The van der Waals surface area contributed by atoms with Gasteiger partial charge in [0.05, 0.1) is 12.2 Å². The molecule has 18 heavy (non-hydrogen) atoms. The van der Waals surface area contributed by atoms with Crippen LogP contribution in [-0.4, -0.2) is 35.8 Å². The van der Waals surface area contributed by atoms with Crippen LogP contribution in [0.25, 0.3) is 0 Å². The molecule has 4 heteroatoms. The molecule has 0 aromatic carbocycles. The topological polar surface area (TPSA) is 30.9 Å². The molecule has 1 saturated heterocycles. The Labute approximate surface area is 111 Å². The summed E-state index contributed by atoms with van der Waals surface area (Å²) >= 11 is 0. The summed E-state index contributed by atoms with van der Waals surface area (Å²) in [4.78, 5) is 5.69. The summed E-state index contributed by atoms with van der Waals surface area (Å²) in [6.07, 6.45) is 0.837. The van der Waals surface area contributed by atoms with Crippen LogP contribution in [0.1, 0.15) is 48.0 Å². The van der Waals surface area contributed by atoms with Crippen molar-refractivity contribution in [2.45, 2.75) is 65.3 Å². The second-order valence-electron chi connectivity index (χ2n) is 5.78. The van der Waals surface area contributed by atoms with E-state index in [9.17, 15) is 0 Å². The Morgan fingerprint density at radius 3 is 2.61 bits per heavy atom. The molecule has 1 heterocycles. The van der Waals surface area contributed by atoms with Crippen molar-refractivity contribution in [1.82, 2.24) is 5.06 Å². The molecule has 1 atom stereocenters. The maximum atomic E-state index is 5.69. The molecule has 0 aromatic rings. The highest BCUT2D eigenvalue weighted by Gasteiger charge is 2.41. The van der Waals surface area contributed by atoms with Gasteiger partial charge in [0, 0.05) is 6.42 Å². The molecule has 1 rings (SSSR count). The van der Waals surface area contributed by atoms with E-state index >= 15 is 0 Å². The number of hydrogen-bond donors (Lipinski definition) is 0. The van der Waals surface area contributed by atoms with E-state index in [1.807, 2.05) is 41.5 Å². The maximum Gasteiger partial charge on any atom is 0.168 e. The first-order chi connectivity index (χ1) is 8.26. The average Bonchev–Trinajstić information content (AvgIpc) is 2.51. The van der Waals surface area contributed by atoms with Gasteiger partial charge in [-0.15, -0.1) is 11.0 Å². The Morgan fingerprint density at radius 2 is 2.06 bits per heavy atom. The summed E-state index contributed by atoms with van der Waals surface area (Å²) in [6, 6.07) is -0.0245. The number of ether oxygens (including phenoxy) is 2. The molecule has 1 aliphatic rings. The van der Waals surface area contributed by atoms with E-state index in [1.54, 1.807) is 5.06 Å². The molecular formula is C14H25NO3. The molecule has 1 fully saturated rings. The first-order valence-corrected chi connectivity index (χ1v) is 6.45. The number of hydrogen-bond acceptors (Lipinski definition) is 4. The van der Waals surface area contributed by atoms with Crippen molar-refractivity contribution < 1.29 is 14.3 Å². The van der Waals surface area contributed by atoms with Gasteiger partial charge in [0.25, 0.3) is 0 Å². The Balaban J connectivity index is 2.57. The van der Waals surface area contributed by atoms with E-state index in [2.05, 4.69) is 11.8 Å². The SMILES string of the molecule is CCC#C[C@@H]1COC(C)(C)N1OCOC(C)(C)C. The predicted molar refractivity (Wildman–Crippen MR) is 70.5 cm³/mol. The van der Waals surface area contributed by atoms with Gasteiger partial charge in [-0.1, -0.05) is 12.8 Å². The standard InChI is InChI=1S/C14H25NO3/c1-7-8-9-12-10-16-14(5,6)15(12)18-11-17-13(2,3)4/h12H,7,10-11H2,1-6H3/t12-/m1/s1. The van der Waals surface area contributed by atoms with Gasteiger partial charge >= 0.3 is 0 Å². The van der Waals surface area contributed by atoms with E-state index in [-0.39, 0.29) is 18.4 Å². The third kappa shape index (κ3) is 4.58. The van der Waals surface area contributed by atoms with Crippen molar-refractivity contribution in [3.8, 4) is 11.8 Å². The molecule has 0 radical (unpaired) electrons. The summed E-state index contributed by atoms with van der Waals surface area (Å²) in [5, 5.41) is 1.79. The van der Waals surface area contributed by atoms with Gasteiger partial charge < -0.3 is 9.47 Å². The minimum absolute atomic E-state index is 0.0245. The smallest absolute Gasteiger partial charge is 0.168 e. The quantitative estimate of drug-likeness (QED) is 0.573. The van der Waals surface area contributed by atoms with E-state index in [0.717, 1.165) is 6.42 Å². The summed E-state index contributed by atoms with van der Waals surface area (Å²) in [7, 11) is 0. The van der Waals surface area contributed by atoms with Gasteiger partial charge in [0.2, 0.25) is 0 Å². The van der Waals surface area contributed by atoms with Crippen LogP contribution in [0, 0.1) is 11.8 Å². The van der Waals surface area contributed by atoms with Gasteiger partial charge in [-0.3, -0.25) is 4.84 Å². The highest BCUT2D eigenvalue weighted by Crippen LogP contribution is 2.27. The van der Waals surface area contributed by atoms with Crippen LogP contribution in [-0.2, 0) is 14.3 Å². The first-order valence-electron chi connectivity index (χ1n) is 6.45. The lowest BCUT2D eigenvalue weighted by atomic mass is 10.2. The Morgan fingerprint density at radius 1 is 1.39 bits per heavy atom. The van der Waals surface area contributed by atoms with Crippen molar-refractivity contribution in [2.24, 2.45) is 0 Å². The molecule has 0 saturated carbocycles. The summed E-state index contributed by atoms with van der Waals surface area (Å²) < 4.78 is 11.3. The molecule has 0 N–H and O–H groups in total. The summed E-state index contributed by atoms with van der Waals surface area (Å²) in [6.45, 7) is 12.7. The van der Waals surface area contributed by atoms with Crippen molar-refractivity contribution >= 4 is 0 Å². The lowest BCUT2D eigenvalue weighted by molar-refractivity contribution is -0.302.